The van der Waals surface area contributed by atoms with Crippen LogP contribution in [0.15, 0.2) is 0 Å². The van der Waals surface area contributed by atoms with Crippen LogP contribution in [0.1, 0.15) is 85.5 Å². The van der Waals surface area contributed by atoms with Gasteiger partial charge in [-0.2, -0.15) is 0 Å². The summed E-state index contributed by atoms with van der Waals surface area (Å²) < 4.78 is 0. The Morgan fingerprint density at radius 1 is 0.696 bits per heavy atom. The quantitative estimate of drug-likeness (QED) is 0.523. The summed E-state index contributed by atoms with van der Waals surface area (Å²) in [5, 5.41) is 0. The molecule has 4 aliphatic rings. The Morgan fingerprint density at radius 2 is 1.35 bits per heavy atom. The SMILES string of the molecule is CCCC[C@H]1C(C)C[C@@H](C2C[C@@H]2C2CC2C)[C@@H]2CCC[C@H]2C1C. The molecule has 0 nitrogen and oxygen atoms in total. The van der Waals surface area contributed by atoms with Gasteiger partial charge in [0, 0.05) is 0 Å². The first-order valence-corrected chi connectivity index (χ1v) is 11.1. The van der Waals surface area contributed by atoms with E-state index in [4.69, 9.17) is 0 Å². The van der Waals surface area contributed by atoms with Crippen molar-refractivity contribution in [1.82, 2.24) is 0 Å². The molecule has 4 fully saturated rings. The minimum Gasteiger partial charge on any atom is -0.0654 e. The minimum atomic E-state index is 0.991. The molecule has 0 spiro atoms. The van der Waals surface area contributed by atoms with Crippen molar-refractivity contribution in [2.45, 2.75) is 85.5 Å². The topological polar surface area (TPSA) is 0 Å². The average Bonchev–Trinajstić information content (AvgIpc) is 3.40. The van der Waals surface area contributed by atoms with Gasteiger partial charge in [-0.05, 0) is 97.7 Å². The highest BCUT2D eigenvalue weighted by Gasteiger charge is 2.57. The van der Waals surface area contributed by atoms with Crippen molar-refractivity contribution in [3.8, 4) is 0 Å². The highest BCUT2D eigenvalue weighted by molar-refractivity contribution is 5.06. The molecule has 23 heavy (non-hydrogen) atoms. The Kier molecular flexibility index (Phi) is 4.57. The number of unbranched alkanes of at least 4 members (excludes halogenated alkanes) is 1. The van der Waals surface area contributed by atoms with E-state index < -0.39 is 0 Å². The molecule has 4 saturated carbocycles. The summed E-state index contributed by atoms with van der Waals surface area (Å²) in [7, 11) is 0. The van der Waals surface area contributed by atoms with Crippen molar-refractivity contribution in [1.29, 1.82) is 0 Å². The van der Waals surface area contributed by atoms with Crippen LogP contribution in [0.5, 0.6) is 0 Å². The fraction of sp³-hybridized carbons (Fsp3) is 1.00. The Morgan fingerprint density at radius 3 is 2.04 bits per heavy atom. The van der Waals surface area contributed by atoms with E-state index in [0.717, 1.165) is 59.2 Å². The molecule has 0 radical (unpaired) electrons. The third-order valence-corrected chi connectivity index (χ3v) is 8.95. The third kappa shape index (κ3) is 3.02. The highest BCUT2D eigenvalue weighted by atomic mass is 14.6. The maximum absolute atomic E-state index is 2.65. The molecule has 4 rings (SSSR count). The van der Waals surface area contributed by atoms with Crippen LogP contribution in [0, 0.1) is 59.2 Å². The van der Waals surface area contributed by atoms with Gasteiger partial charge in [0.2, 0.25) is 0 Å². The van der Waals surface area contributed by atoms with E-state index in [9.17, 15) is 0 Å². The Labute approximate surface area is 145 Å². The molecule has 0 aromatic carbocycles. The van der Waals surface area contributed by atoms with Crippen molar-refractivity contribution < 1.29 is 0 Å². The second-order valence-electron chi connectivity index (χ2n) is 10.2. The van der Waals surface area contributed by atoms with E-state index in [0.29, 0.717) is 0 Å². The molecule has 0 bridgehead atoms. The summed E-state index contributed by atoms with van der Waals surface area (Å²) in [6.45, 7) is 10.1. The van der Waals surface area contributed by atoms with Gasteiger partial charge in [-0.3, -0.25) is 0 Å². The van der Waals surface area contributed by atoms with Crippen LogP contribution in [0.2, 0.25) is 0 Å². The maximum Gasteiger partial charge on any atom is -0.0349 e. The lowest BCUT2D eigenvalue weighted by Gasteiger charge is -2.32. The first-order valence-electron chi connectivity index (χ1n) is 11.1. The first kappa shape index (κ1) is 16.5. The number of fused-ring (bicyclic) bond motifs is 1. The van der Waals surface area contributed by atoms with Crippen molar-refractivity contribution in [2.75, 3.05) is 0 Å². The summed E-state index contributed by atoms with van der Waals surface area (Å²) in [4.78, 5) is 0. The zero-order chi connectivity index (χ0) is 16.1. The van der Waals surface area contributed by atoms with Gasteiger partial charge in [-0.1, -0.05) is 47.0 Å². The van der Waals surface area contributed by atoms with Gasteiger partial charge in [0.1, 0.15) is 0 Å². The maximum atomic E-state index is 2.65. The van der Waals surface area contributed by atoms with E-state index in [1.165, 1.54) is 19.3 Å². The van der Waals surface area contributed by atoms with Crippen molar-refractivity contribution in [3.63, 3.8) is 0 Å². The molecule has 0 aliphatic heterocycles. The Hall–Kier alpha value is 0. The predicted molar refractivity (Wildman–Crippen MR) is 99.1 cm³/mol. The molecule has 10 atom stereocenters. The normalized spacial score (nSPS) is 55.3. The Bertz CT molecular complexity index is 412. The molecule has 0 heteroatoms. The average molecular weight is 317 g/mol. The van der Waals surface area contributed by atoms with E-state index in [-0.39, 0.29) is 0 Å². The van der Waals surface area contributed by atoms with Crippen molar-refractivity contribution in [3.05, 3.63) is 0 Å². The molecule has 0 heterocycles. The molecule has 0 saturated heterocycles. The molecule has 0 N–H and O–H groups in total. The summed E-state index contributed by atoms with van der Waals surface area (Å²) in [5.74, 6) is 10.9. The highest BCUT2D eigenvalue weighted by Crippen LogP contribution is 2.65. The van der Waals surface area contributed by atoms with Gasteiger partial charge in [-0.25, -0.2) is 0 Å². The largest absolute Gasteiger partial charge is 0.0654 e. The lowest BCUT2D eigenvalue weighted by Crippen LogP contribution is -2.25. The third-order valence-electron chi connectivity index (χ3n) is 8.95. The zero-order valence-corrected chi connectivity index (χ0v) is 16.1. The number of hydrogen-bond donors (Lipinski definition) is 0. The van der Waals surface area contributed by atoms with Crippen LogP contribution >= 0.6 is 0 Å². The zero-order valence-electron chi connectivity index (χ0n) is 16.1. The summed E-state index contributed by atoms with van der Waals surface area (Å²) in [5.41, 5.74) is 0. The van der Waals surface area contributed by atoms with Crippen molar-refractivity contribution >= 4 is 0 Å². The summed E-state index contributed by atoms with van der Waals surface area (Å²) in [6, 6.07) is 0. The van der Waals surface area contributed by atoms with E-state index >= 15 is 0 Å². The molecule has 0 aromatic heterocycles. The molecule has 0 aromatic rings. The van der Waals surface area contributed by atoms with Crippen LogP contribution in [0.25, 0.3) is 0 Å². The van der Waals surface area contributed by atoms with Gasteiger partial charge >= 0.3 is 0 Å². The number of hydrogen-bond acceptors (Lipinski definition) is 0. The Balaban J connectivity index is 1.49. The van der Waals surface area contributed by atoms with Crippen LogP contribution in [0.3, 0.4) is 0 Å². The van der Waals surface area contributed by atoms with Gasteiger partial charge in [0.05, 0.1) is 0 Å². The van der Waals surface area contributed by atoms with Crippen LogP contribution in [-0.4, -0.2) is 0 Å². The van der Waals surface area contributed by atoms with Crippen LogP contribution in [0.4, 0.5) is 0 Å². The second-order valence-corrected chi connectivity index (χ2v) is 10.2. The lowest BCUT2D eigenvalue weighted by atomic mass is 9.73. The number of rotatable bonds is 5. The molecule has 5 unspecified atom stereocenters. The lowest BCUT2D eigenvalue weighted by molar-refractivity contribution is 0.167. The standard InChI is InChI=1S/C23H40/c1-5-6-8-17-14(2)12-21(19-10-7-9-18(19)16(17)4)23-13-22(23)20-11-15(20)3/h14-23H,5-13H2,1-4H3/t14?,15?,16?,17-,18-,19+,20?,21+,22+,23?/m0/s1. The fourth-order valence-electron chi connectivity index (χ4n) is 7.46. The second kappa shape index (κ2) is 6.38. The van der Waals surface area contributed by atoms with Gasteiger partial charge in [0.25, 0.3) is 0 Å². The monoisotopic (exact) mass is 316 g/mol. The smallest absolute Gasteiger partial charge is 0.0349 e. The van der Waals surface area contributed by atoms with Crippen LogP contribution in [-0.2, 0) is 0 Å². The van der Waals surface area contributed by atoms with Crippen molar-refractivity contribution in [2.24, 2.45) is 59.2 Å². The fourth-order valence-corrected chi connectivity index (χ4v) is 7.46. The summed E-state index contributed by atoms with van der Waals surface area (Å²) >= 11 is 0. The molecular weight excluding hydrogens is 276 g/mol. The minimum absolute atomic E-state index is 0.991. The van der Waals surface area contributed by atoms with Gasteiger partial charge < -0.3 is 0 Å². The molecular formula is C23H40. The molecule has 132 valence electrons. The predicted octanol–water partition coefficient (Wildman–Crippen LogP) is 6.79. The first-order chi connectivity index (χ1) is 11.1. The van der Waals surface area contributed by atoms with Gasteiger partial charge in [-0.15, -0.1) is 0 Å². The summed E-state index contributed by atoms with van der Waals surface area (Å²) in [6.07, 6.45) is 13.8. The molecule has 4 aliphatic carbocycles. The molecule has 0 amide bonds. The van der Waals surface area contributed by atoms with Gasteiger partial charge in [0.15, 0.2) is 0 Å². The van der Waals surface area contributed by atoms with E-state index in [1.54, 1.807) is 38.5 Å². The van der Waals surface area contributed by atoms with E-state index in [1.807, 2.05) is 0 Å². The van der Waals surface area contributed by atoms with E-state index in [2.05, 4.69) is 27.7 Å². The van der Waals surface area contributed by atoms with Crippen LogP contribution < -0.4 is 0 Å².